The average molecular weight is 393 g/mol. The molecule has 1 aromatic heterocycles. The third-order valence-electron chi connectivity index (χ3n) is 7.63. The minimum atomic E-state index is 0.0380. The fourth-order valence-corrected chi connectivity index (χ4v) is 6.67. The Morgan fingerprint density at radius 1 is 1.07 bits per heavy atom. The highest BCUT2D eigenvalue weighted by molar-refractivity contribution is 5.79. The van der Waals surface area contributed by atoms with Gasteiger partial charge in [-0.2, -0.15) is 0 Å². The second-order valence-electron chi connectivity index (χ2n) is 9.71. The van der Waals surface area contributed by atoms with Crippen LogP contribution in [0.15, 0.2) is 53.1 Å². The molecule has 1 aromatic carbocycles. The van der Waals surface area contributed by atoms with E-state index in [2.05, 4.69) is 29.3 Å². The molecule has 1 amide bonds. The van der Waals surface area contributed by atoms with Crippen molar-refractivity contribution in [1.29, 1.82) is 0 Å². The summed E-state index contributed by atoms with van der Waals surface area (Å²) in [6.07, 6.45) is 9.40. The topological polar surface area (TPSA) is 45.5 Å². The molecular formula is C25H32N2O2. The van der Waals surface area contributed by atoms with Gasteiger partial charge in [0.2, 0.25) is 5.91 Å². The first kappa shape index (κ1) is 18.9. The lowest BCUT2D eigenvalue weighted by Crippen LogP contribution is -2.62. The molecule has 29 heavy (non-hydrogen) atoms. The summed E-state index contributed by atoms with van der Waals surface area (Å²) in [4.78, 5) is 15.7. The van der Waals surface area contributed by atoms with Gasteiger partial charge in [0.05, 0.1) is 19.4 Å². The molecule has 4 aliphatic rings. The fraction of sp³-hybridized carbons (Fsp3) is 0.560. The standard InChI is InChI=1S/C25H32N2O2/c1-18(22-6-3-2-4-7-22)26-16-24(28)27(17-23-8-5-9-29-23)25-13-19-10-20(14-25)12-21(11-19)15-25/h2-9,18-21,26H,10-17H2,1H3/t18-,19?,20?,21?,25?/m1/s1. The van der Waals surface area contributed by atoms with Crippen LogP contribution < -0.4 is 5.32 Å². The number of rotatable bonds is 7. The van der Waals surface area contributed by atoms with Gasteiger partial charge in [-0.3, -0.25) is 4.79 Å². The van der Waals surface area contributed by atoms with E-state index in [1.165, 1.54) is 44.1 Å². The molecule has 154 valence electrons. The second kappa shape index (κ2) is 7.64. The van der Waals surface area contributed by atoms with Crippen LogP contribution in [-0.2, 0) is 11.3 Å². The predicted octanol–water partition coefficient (Wildman–Crippen LogP) is 4.93. The Bertz CT molecular complexity index is 794. The molecule has 1 N–H and O–H groups in total. The van der Waals surface area contributed by atoms with Crippen molar-refractivity contribution < 1.29 is 9.21 Å². The van der Waals surface area contributed by atoms with E-state index in [4.69, 9.17) is 4.42 Å². The molecule has 4 heteroatoms. The van der Waals surface area contributed by atoms with Gasteiger partial charge in [0.25, 0.3) is 0 Å². The van der Waals surface area contributed by atoms with Crippen molar-refractivity contribution in [3.05, 3.63) is 60.1 Å². The summed E-state index contributed by atoms with van der Waals surface area (Å²) in [7, 11) is 0. The first-order valence-corrected chi connectivity index (χ1v) is 11.2. The van der Waals surface area contributed by atoms with Gasteiger partial charge in [-0.1, -0.05) is 30.3 Å². The number of benzene rings is 1. The molecule has 0 spiro atoms. The van der Waals surface area contributed by atoms with Crippen LogP contribution in [0, 0.1) is 17.8 Å². The minimum absolute atomic E-state index is 0.0380. The molecule has 6 rings (SSSR count). The summed E-state index contributed by atoms with van der Waals surface area (Å²) < 4.78 is 5.66. The molecule has 0 unspecified atom stereocenters. The Morgan fingerprint density at radius 3 is 2.31 bits per heavy atom. The molecule has 4 fully saturated rings. The normalized spacial score (nSPS) is 31.0. The lowest BCUT2D eigenvalue weighted by molar-refractivity contribution is -0.152. The van der Waals surface area contributed by atoms with Crippen LogP contribution in [-0.4, -0.2) is 22.9 Å². The zero-order chi connectivity index (χ0) is 19.8. The summed E-state index contributed by atoms with van der Waals surface area (Å²) in [6, 6.07) is 14.4. The van der Waals surface area contributed by atoms with Gasteiger partial charge in [0.15, 0.2) is 0 Å². The Morgan fingerprint density at radius 2 is 1.72 bits per heavy atom. The maximum atomic E-state index is 13.5. The Labute approximate surface area is 173 Å². The zero-order valence-electron chi connectivity index (χ0n) is 17.3. The summed E-state index contributed by atoms with van der Waals surface area (Å²) in [6.45, 7) is 3.10. The highest BCUT2D eigenvalue weighted by Crippen LogP contribution is 2.58. The number of amides is 1. The molecule has 4 saturated carbocycles. The van der Waals surface area contributed by atoms with E-state index in [1.54, 1.807) is 6.26 Å². The van der Waals surface area contributed by atoms with Crippen LogP contribution in [0.1, 0.15) is 62.8 Å². The quantitative estimate of drug-likeness (QED) is 0.727. The van der Waals surface area contributed by atoms with Gasteiger partial charge in [-0.05, 0) is 80.9 Å². The van der Waals surface area contributed by atoms with Crippen molar-refractivity contribution in [3.8, 4) is 0 Å². The molecule has 1 heterocycles. The molecule has 2 aromatic rings. The first-order chi connectivity index (χ1) is 14.1. The number of nitrogens with one attached hydrogen (secondary N) is 1. The van der Waals surface area contributed by atoms with E-state index >= 15 is 0 Å². The van der Waals surface area contributed by atoms with Crippen LogP contribution in [0.2, 0.25) is 0 Å². The van der Waals surface area contributed by atoms with E-state index in [9.17, 15) is 4.79 Å². The number of carbonyl (C=O) groups excluding carboxylic acids is 1. The zero-order valence-corrected chi connectivity index (χ0v) is 17.3. The van der Waals surface area contributed by atoms with Crippen molar-refractivity contribution in [2.75, 3.05) is 6.54 Å². The van der Waals surface area contributed by atoms with Crippen LogP contribution in [0.5, 0.6) is 0 Å². The van der Waals surface area contributed by atoms with E-state index in [0.29, 0.717) is 13.1 Å². The van der Waals surface area contributed by atoms with Gasteiger partial charge >= 0.3 is 0 Å². The molecule has 4 nitrogen and oxygen atoms in total. The van der Waals surface area contributed by atoms with Crippen LogP contribution >= 0.6 is 0 Å². The molecule has 0 saturated heterocycles. The SMILES string of the molecule is C[C@@H](NCC(=O)N(Cc1ccco1)C12CC3CC(CC(C3)C1)C2)c1ccccc1. The predicted molar refractivity (Wildman–Crippen MR) is 113 cm³/mol. The first-order valence-electron chi connectivity index (χ1n) is 11.2. The highest BCUT2D eigenvalue weighted by atomic mass is 16.3. The summed E-state index contributed by atoms with van der Waals surface area (Å²) >= 11 is 0. The Balaban J connectivity index is 1.34. The van der Waals surface area contributed by atoms with Crippen LogP contribution in [0.25, 0.3) is 0 Å². The lowest BCUT2D eigenvalue weighted by atomic mass is 9.52. The highest BCUT2D eigenvalue weighted by Gasteiger charge is 2.54. The maximum Gasteiger partial charge on any atom is 0.237 e. The van der Waals surface area contributed by atoms with E-state index < -0.39 is 0 Å². The fourth-order valence-electron chi connectivity index (χ4n) is 6.67. The maximum absolute atomic E-state index is 13.5. The average Bonchev–Trinajstić information content (AvgIpc) is 3.23. The summed E-state index contributed by atoms with van der Waals surface area (Å²) in [5, 5.41) is 3.47. The molecular weight excluding hydrogens is 360 g/mol. The third-order valence-corrected chi connectivity index (χ3v) is 7.63. The van der Waals surface area contributed by atoms with Gasteiger partial charge < -0.3 is 14.6 Å². The Hall–Kier alpha value is -2.07. The monoisotopic (exact) mass is 392 g/mol. The molecule has 0 radical (unpaired) electrons. The van der Waals surface area contributed by atoms with Crippen LogP contribution in [0.3, 0.4) is 0 Å². The van der Waals surface area contributed by atoms with Gasteiger partial charge in [0.1, 0.15) is 5.76 Å². The number of carbonyl (C=O) groups is 1. The van der Waals surface area contributed by atoms with E-state index in [-0.39, 0.29) is 17.5 Å². The van der Waals surface area contributed by atoms with E-state index in [1.807, 2.05) is 30.3 Å². The second-order valence-corrected chi connectivity index (χ2v) is 9.71. The smallest absolute Gasteiger partial charge is 0.237 e. The number of hydrogen-bond acceptors (Lipinski definition) is 3. The van der Waals surface area contributed by atoms with Crippen molar-refractivity contribution >= 4 is 5.91 Å². The number of hydrogen-bond donors (Lipinski definition) is 1. The van der Waals surface area contributed by atoms with Crippen molar-refractivity contribution in [1.82, 2.24) is 10.2 Å². The van der Waals surface area contributed by atoms with Gasteiger partial charge in [-0.25, -0.2) is 0 Å². The summed E-state index contributed by atoms with van der Waals surface area (Å²) in [5.41, 5.74) is 1.25. The summed E-state index contributed by atoms with van der Waals surface area (Å²) in [5.74, 6) is 3.54. The largest absolute Gasteiger partial charge is 0.467 e. The van der Waals surface area contributed by atoms with Gasteiger partial charge in [0, 0.05) is 11.6 Å². The molecule has 1 atom stereocenters. The number of furan rings is 1. The van der Waals surface area contributed by atoms with Crippen molar-refractivity contribution in [2.45, 2.75) is 63.6 Å². The molecule has 4 bridgehead atoms. The third kappa shape index (κ3) is 3.75. The number of nitrogens with zero attached hydrogens (tertiary/aromatic N) is 1. The molecule has 0 aliphatic heterocycles. The van der Waals surface area contributed by atoms with Gasteiger partial charge in [-0.15, -0.1) is 0 Å². The van der Waals surface area contributed by atoms with E-state index in [0.717, 1.165) is 23.5 Å². The molecule has 4 aliphatic carbocycles. The van der Waals surface area contributed by atoms with Crippen LogP contribution in [0.4, 0.5) is 0 Å². The van der Waals surface area contributed by atoms with Crippen molar-refractivity contribution in [2.24, 2.45) is 17.8 Å². The Kier molecular flexibility index (Phi) is 4.99. The minimum Gasteiger partial charge on any atom is -0.467 e. The van der Waals surface area contributed by atoms with Crippen molar-refractivity contribution in [3.63, 3.8) is 0 Å². The lowest BCUT2D eigenvalue weighted by Gasteiger charge is -2.60.